The van der Waals surface area contributed by atoms with E-state index in [0.29, 0.717) is 25.3 Å². The van der Waals surface area contributed by atoms with E-state index in [4.69, 9.17) is 11.6 Å². The van der Waals surface area contributed by atoms with E-state index in [2.05, 4.69) is 38.9 Å². The highest BCUT2D eigenvalue weighted by atomic mass is 35.5. The molecular formula is C27H26ClFN4O2S. The van der Waals surface area contributed by atoms with Crippen molar-refractivity contribution in [3.63, 3.8) is 0 Å². The summed E-state index contributed by atoms with van der Waals surface area (Å²) in [5, 5.41) is -0.0828. The zero-order valence-electron chi connectivity index (χ0n) is 19.9. The minimum atomic E-state index is -3.94. The molecule has 1 aliphatic rings. The summed E-state index contributed by atoms with van der Waals surface area (Å²) in [6.45, 7) is 2.83. The summed E-state index contributed by atoms with van der Waals surface area (Å²) in [6.07, 6.45) is 0.498. The van der Waals surface area contributed by atoms with Gasteiger partial charge in [0.1, 0.15) is 16.8 Å². The molecule has 2 heterocycles. The van der Waals surface area contributed by atoms with Crippen molar-refractivity contribution in [1.82, 2.24) is 14.3 Å². The Kier molecular flexibility index (Phi) is 6.59. The molecule has 1 aromatic heterocycles. The number of aryl methyl sites for hydroxylation is 1. The molecule has 0 fully saturated rings. The third kappa shape index (κ3) is 4.89. The predicted molar refractivity (Wildman–Crippen MR) is 140 cm³/mol. The van der Waals surface area contributed by atoms with Crippen LogP contribution in [0.1, 0.15) is 17.0 Å². The van der Waals surface area contributed by atoms with Crippen LogP contribution in [0.15, 0.2) is 77.8 Å². The summed E-state index contributed by atoms with van der Waals surface area (Å²) in [5.41, 5.74) is 5.02. The Balaban J connectivity index is 1.49. The lowest BCUT2D eigenvalue weighted by molar-refractivity contribution is 0.522. The van der Waals surface area contributed by atoms with E-state index in [1.165, 1.54) is 12.1 Å². The second-order valence-electron chi connectivity index (χ2n) is 9.05. The maximum atomic E-state index is 13.4. The number of aromatic nitrogens is 2. The fraction of sp³-hybridized carbons (Fsp3) is 0.222. The van der Waals surface area contributed by atoms with Gasteiger partial charge >= 0.3 is 0 Å². The average Bonchev–Trinajstić information content (AvgIpc) is 3.12. The first-order chi connectivity index (χ1) is 17.2. The second-order valence-corrected chi connectivity index (χ2v) is 11.0. The third-order valence-corrected chi connectivity index (χ3v) is 8.50. The lowest BCUT2D eigenvalue weighted by atomic mass is 9.94. The van der Waals surface area contributed by atoms with Crippen molar-refractivity contribution in [2.24, 2.45) is 7.05 Å². The van der Waals surface area contributed by atoms with Crippen molar-refractivity contribution in [1.29, 1.82) is 0 Å². The predicted octanol–water partition coefficient (Wildman–Crippen LogP) is 5.10. The number of hydrogen-bond donors (Lipinski definition) is 1. The topological polar surface area (TPSA) is 67.2 Å². The van der Waals surface area contributed by atoms with Gasteiger partial charge in [0, 0.05) is 31.9 Å². The van der Waals surface area contributed by atoms with Gasteiger partial charge in [-0.25, -0.2) is 22.5 Å². The van der Waals surface area contributed by atoms with E-state index in [1.54, 1.807) is 30.7 Å². The fourth-order valence-corrected chi connectivity index (χ4v) is 6.39. The van der Waals surface area contributed by atoms with Crippen molar-refractivity contribution in [3.05, 3.63) is 101 Å². The minimum Gasteiger partial charge on any atom is -0.365 e. The first-order valence-electron chi connectivity index (χ1n) is 11.6. The van der Waals surface area contributed by atoms with Crippen molar-refractivity contribution in [3.8, 4) is 11.1 Å². The quantitative estimate of drug-likeness (QED) is 0.381. The van der Waals surface area contributed by atoms with Crippen LogP contribution >= 0.6 is 11.6 Å². The first-order valence-corrected chi connectivity index (χ1v) is 13.5. The number of nitrogens with one attached hydrogen (secondary N) is 1. The van der Waals surface area contributed by atoms with E-state index in [9.17, 15) is 12.8 Å². The summed E-state index contributed by atoms with van der Waals surface area (Å²) in [7, 11) is -2.26. The number of fused-ring (bicyclic) bond motifs is 1. The number of rotatable bonds is 6. The molecule has 0 saturated heterocycles. The molecule has 1 N–H and O–H groups in total. The summed E-state index contributed by atoms with van der Waals surface area (Å²) < 4.78 is 44.3. The highest BCUT2D eigenvalue weighted by Crippen LogP contribution is 2.33. The molecule has 186 valence electrons. The van der Waals surface area contributed by atoms with Crippen molar-refractivity contribution in [2.45, 2.75) is 31.0 Å². The average molecular weight is 525 g/mol. The van der Waals surface area contributed by atoms with Gasteiger partial charge < -0.3 is 9.47 Å². The van der Waals surface area contributed by atoms with Crippen LogP contribution in [0.25, 0.3) is 11.1 Å². The van der Waals surface area contributed by atoms with Crippen LogP contribution in [-0.2, 0) is 30.0 Å². The lowest BCUT2D eigenvalue weighted by Gasteiger charge is -2.36. The van der Waals surface area contributed by atoms with Crippen LogP contribution in [0.4, 0.5) is 10.1 Å². The molecule has 1 unspecified atom stereocenters. The molecule has 0 spiro atoms. The Morgan fingerprint density at radius 2 is 1.75 bits per heavy atom. The summed E-state index contributed by atoms with van der Waals surface area (Å²) in [5.74, 6) is 0.229. The monoisotopic (exact) mass is 524 g/mol. The number of hydrogen-bond acceptors (Lipinski definition) is 4. The van der Waals surface area contributed by atoms with Crippen LogP contribution in [0.3, 0.4) is 0 Å². The highest BCUT2D eigenvalue weighted by molar-refractivity contribution is 7.89. The largest absolute Gasteiger partial charge is 0.365 e. The minimum absolute atomic E-state index is 0.0796. The number of halogens is 2. The van der Waals surface area contributed by atoms with Crippen molar-refractivity contribution < 1.29 is 12.8 Å². The van der Waals surface area contributed by atoms with E-state index >= 15 is 0 Å². The summed E-state index contributed by atoms with van der Waals surface area (Å²) in [6, 6.07) is 22.1. The molecule has 0 aliphatic carbocycles. The normalized spacial score (nSPS) is 15.7. The Labute approximate surface area is 215 Å². The SMILES string of the molecule is Cc1nc(S(=O)(=O)NC2Cc3cc(-c4ccc(F)cc4)ccc3N(Cc3ccccc3)C2)c(Cl)n1C. The van der Waals surface area contributed by atoms with Crippen LogP contribution < -0.4 is 9.62 Å². The summed E-state index contributed by atoms with van der Waals surface area (Å²) in [4.78, 5) is 6.36. The van der Waals surface area contributed by atoms with E-state index in [1.807, 2.05) is 24.3 Å². The van der Waals surface area contributed by atoms with Gasteiger partial charge in [0.25, 0.3) is 10.0 Å². The second kappa shape index (κ2) is 9.69. The van der Waals surface area contributed by atoms with E-state index in [-0.39, 0.29) is 16.0 Å². The zero-order chi connectivity index (χ0) is 25.4. The maximum Gasteiger partial charge on any atom is 0.261 e. The van der Waals surface area contributed by atoms with Gasteiger partial charge in [0.2, 0.25) is 5.03 Å². The lowest BCUT2D eigenvalue weighted by Crippen LogP contribution is -2.48. The van der Waals surface area contributed by atoms with Crippen molar-refractivity contribution in [2.75, 3.05) is 11.4 Å². The molecule has 1 atom stereocenters. The fourth-order valence-electron chi connectivity index (χ4n) is 4.61. The Hall–Kier alpha value is -3.20. The van der Waals surface area contributed by atoms with Gasteiger partial charge in [0.05, 0.1) is 0 Å². The van der Waals surface area contributed by atoms with Gasteiger partial charge in [-0.05, 0) is 59.9 Å². The van der Waals surface area contributed by atoms with Crippen LogP contribution in [-0.4, -0.2) is 30.6 Å². The van der Waals surface area contributed by atoms with Gasteiger partial charge in [-0.15, -0.1) is 0 Å². The van der Waals surface area contributed by atoms with E-state index < -0.39 is 16.1 Å². The third-order valence-electron chi connectivity index (χ3n) is 6.52. The molecule has 0 saturated carbocycles. The maximum absolute atomic E-state index is 13.4. The van der Waals surface area contributed by atoms with Crippen LogP contribution in [0.2, 0.25) is 5.15 Å². The number of nitrogens with zero attached hydrogens (tertiary/aromatic N) is 3. The molecule has 9 heteroatoms. The molecule has 1 aliphatic heterocycles. The standard InChI is InChI=1S/C27H26ClFN4O2S/c1-18-30-27(26(28)32(18)2)36(34,35)31-24-15-22-14-21(20-8-11-23(29)12-9-20)10-13-25(22)33(17-24)16-19-6-4-3-5-7-19/h3-14,24,31H,15-17H2,1-2H3. The number of imidazole rings is 1. The zero-order valence-corrected chi connectivity index (χ0v) is 21.5. The van der Waals surface area contributed by atoms with Gasteiger partial charge in [-0.1, -0.05) is 60.1 Å². The molecule has 6 nitrogen and oxygen atoms in total. The number of anilines is 1. The molecule has 0 amide bonds. The first kappa shape index (κ1) is 24.5. The van der Waals surface area contributed by atoms with Crippen LogP contribution in [0.5, 0.6) is 0 Å². The van der Waals surface area contributed by atoms with Gasteiger partial charge in [-0.3, -0.25) is 0 Å². The molecule has 0 bridgehead atoms. The Morgan fingerprint density at radius 1 is 1.06 bits per heavy atom. The van der Waals surface area contributed by atoms with Crippen molar-refractivity contribution >= 4 is 27.3 Å². The molecule has 36 heavy (non-hydrogen) atoms. The Bertz CT molecular complexity index is 1510. The molecule has 3 aromatic carbocycles. The smallest absolute Gasteiger partial charge is 0.261 e. The molecule has 5 rings (SSSR count). The van der Waals surface area contributed by atoms with E-state index in [0.717, 1.165) is 27.9 Å². The summed E-state index contributed by atoms with van der Waals surface area (Å²) >= 11 is 6.28. The number of benzene rings is 3. The molecule has 0 radical (unpaired) electrons. The van der Waals surface area contributed by atoms with Crippen LogP contribution in [0, 0.1) is 12.7 Å². The Morgan fingerprint density at radius 3 is 2.42 bits per heavy atom. The molecular weight excluding hydrogens is 499 g/mol. The number of sulfonamides is 1. The highest BCUT2D eigenvalue weighted by Gasteiger charge is 2.31. The van der Waals surface area contributed by atoms with Gasteiger partial charge in [-0.2, -0.15) is 0 Å². The molecule has 4 aromatic rings. The van der Waals surface area contributed by atoms with Gasteiger partial charge in [0.15, 0.2) is 0 Å².